The Kier molecular flexibility index (Phi) is 2.93. The van der Waals surface area contributed by atoms with Crippen LogP contribution in [0, 0.1) is 6.33 Å². The second-order valence-corrected chi connectivity index (χ2v) is 2.27. The van der Waals surface area contributed by atoms with Crippen LogP contribution in [0.25, 0.3) is 11.0 Å². The molecule has 4 heteroatoms. The molecule has 0 saturated carbocycles. The summed E-state index contributed by atoms with van der Waals surface area (Å²) in [6, 6.07) is 7.60. The molecule has 2 rings (SSSR count). The molecule has 0 bridgehead atoms. The van der Waals surface area contributed by atoms with Gasteiger partial charge >= 0.3 is 18.9 Å². The molecule has 0 atom stereocenters. The molecule has 1 aromatic carbocycles. The van der Waals surface area contributed by atoms with Crippen LogP contribution >= 0.6 is 0 Å². The maximum Gasteiger partial charge on any atom is 1.00 e. The number of fused-ring (bicyclic) bond motifs is 1. The summed E-state index contributed by atoms with van der Waals surface area (Å²) in [6.45, 7) is -0.0689. The van der Waals surface area contributed by atoms with Crippen molar-refractivity contribution in [3.05, 3.63) is 30.6 Å². The number of aliphatic hydroxyl groups excluding tert-OH is 1. The van der Waals surface area contributed by atoms with Crippen LogP contribution in [-0.2, 0) is 6.73 Å². The number of hydrogen-bond donors (Lipinski definition) is 1. The summed E-state index contributed by atoms with van der Waals surface area (Å²) in [5.74, 6) is 0. The van der Waals surface area contributed by atoms with Crippen molar-refractivity contribution >= 4 is 11.0 Å². The summed E-state index contributed by atoms with van der Waals surface area (Å²) >= 11 is 0. The molecule has 0 radical (unpaired) electrons. The first-order valence-electron chi connectivity index (χ1n) is 3.35. The summed E-state index contributed by atoms with van der Waals surface area (Å²) < 4.78 is 1.56. The van der Waals surface area contributed by atoms with E-state index < -0.39 is 0 Å². The molecule has 0 aliphatic rings. The Morgan fingerprint density at radius 1 is 1.42 bits per heavy atom. The van der Waals surface area contributed by atoms with Crippen molar-refractivity contribution in [1.29, 1.82) is 0 Å². The van der Waals surface area contributed by atoms with E-state index in [0.29, 0.717) is 0 Å². The van der Waals surface area contributed by atoms with Gasteiger partial charge in [0.05, 0.1) is 6.73 Å². The molecule has 0 unspecified atom stereocenters. The first-order chi connectivity index (χ1) is 5.42. The van der Waals surface area contributed by atoms with Gasteiger partial charge in [-0.05, 0) is 0 Å². The summed E-state index contributed by atoms with van der Waals surface area (Å²) in [7, 11) is 0. The monoisotopic (exact) mass is 154 g/mol. The van der Waals surface area contributed by atoms with Gasteiger partial charge in [-0.15, -0.1) is 12.1 Å². The number of benzene rings is 1. The molecule has 2 aromatic rings. The number of aromatic nitrogens is 2. The van der Waals surface area contributed by atoms with Crippen LogP contribution in [0.15, 0.2) is 24.3 Å². The summed E-state index contributed by atoms with van der Waals surface area (Å²) in [5, 5.41) is 8.82. The van der Waals surface area contributed by atoms with Gasteiger partial charge in [0.1, 0.15) is 0 Å². The fourth-order valence-corrected chi connectivity index (χ4v) is 1.06. The van der Waals surface area contributed by atoms with Crippen molar-refractivity contribution in [2.75, 3.05) is 0 Å². The minimum Gasteiger partial charge on any atom is -0.426 e. The molecule has 1 N–H and O–H groups in total. The van der Waals surface area contributed by atoms with Gasteiger partial charge in [0, 0.05) is 6.33 Å². The van der Waals surface area contributed by atoms with Crippen molar-refractivity contribution in [3.63, 3.8) is 0 Å². The van der Waals surface area contributed by atoms with Gasteiger partial charge < -0.3 is 14.7 Å². The summed E-state index contributed by atoms with van der Waals surface area (Å²) in [6.07, 6.45) is 2.68. The first-order valence-corrected chi connectivity index (χ1v) is 3.35. The van der Waals surface area contributed by atoms with E-state index in [1.165, 1.54) is 0 Å². The molecule has 0 fully saturated rings. The average Bonchev–Trinajstić information content (AvgIpc) is 2.47. The zero-order chi connectivity index (χ0) is 7.68. The fourth-order valence-electron chi connectivity index (χ4n) is 1.06. The van der Waals surface area contributed by atoms with Gasteiger partial charge in [-0.2, -0.15) is 0 Å². The van der Waals surface area contributed by atoms with Gasteiger partial charge in [-0.1, -0.05) is 23.2 Å². The topological polar surface area (TPSA) is 38.0 Å². The van der Waals surface area contributed by atoms with E-state index >= 15 is 0 Å². The van der Waals surface area contributed by atoms with E-state index in [4.69, 9.17) is 5.11 Å². The quantitative estimate of drug-likeness (QED) is 0.373. The van der Waals surface area contributed by atoms with E-state index in [2.05, 4.69) is 11.3 Å². The largest absolute Gasteiger partial charge is 1.00 e. The number of aliphatic hydroxyl groups is 1. The van der Waals surface area contributed by atoms with E-state index in [1.54, 1.807) is 4.57 Å². The minimum absolute atomic E-state index is 0. The van der Waals surface area contributed by atoms with Crippen LogP contribution in [-0.4, -0.2) is 14.7 Å². The van der Waals surface area contributed by atoms with Crippen molar-refractivity contribution in [1.82, 2.24) is 9.55 Å². The Balaban J connectivity index is 0.000000720. The molecular weight excluding hydrogens is 147 g/mol. The third-order valence-electron chi connectivity index (χ3n) is 1.61. The van der Waals surface area contributed by atoms with E-state index in [9.17, 15) is 0 Å². The maximum atomic E-state index is 8.82. The smallest absolute Gasteiger partial charge is 0.426 e. The third kappa shape index (κ3) is 1.39. The number of imidazole rings is 1. The maximum absolute atomic E-state index is 8.82. The van der Waals surface area contributed by atoms with Crippen LogP contribution in [0.5, 0.6) is 0 Å². The molecule has 0 spiro atoms. The Labute approximate surface area is 82.2 Å². The van der Waals surface area contributed by atoms with Gasteiger partial charge in [0.2, 0.25) is 0 Å². The SMILES string of the molecule is OCn1[c-]nc2ccccc21.[Li+]. The molecule has 3 nitrogen and oxygen atoms in total. The molecule has 56 valence electrons. The van der Waals surface area contributed by atoms with Crippen molar-refractivity contribution in [2.24, 2.45) is 0 Å². The molecule has 0 saturated heterocycles. The normalized spacial score (nSPS) is 9.75. The predicted molar refractivity (Wildman–Crippen MR) is 40.8 cm³/mol. The van der Waals surface area contributed by atoms with Crippen LogP contribution < -0.4 is 18.9 Å². The number of rotatable bonds is 1. The minimum atomic E-state index is -0.0689. The van der Waals surface area contributed by atoms with Crippen LogP contribution in [0.1, 0.15) is 0 Å². The Morgan fingerprint density at radius 3 is 2.92 bits per heavy atom. The Morgan fingerprint density at radius 2 is 2.17 bits per heavy atom. The van der Waals surface area contributed by atoms with Crippen molar-refractivity contribution < 1.29 is 24.0 Å². The molecule has 1 heterocycles. The van der Waals surface area contributed by atoms with E-state index in [-0.39, 0.29) is 25.6 Å². The van der Waals surface area contributed by atoms with Crippen LogP contribution in [0.4, 0.5) is 0 Å². The van der Waals surface area contributed by atoms with Crippen LogP contribution in [0.3, 0.4) is 0 Å². The second kappa shape index (κ2) is 3.77. The average molecular weight is 154 g/mol. The number of hydrogen-bond acceptors (Lipinski definition) is 2. The molecule has 0 amide bonds. The first kappa shape index (κ1) is 9.34. The molecule has 0 aliphatic carbocycles. The summed E-state index contributed by atoms with van der Waals surface area (Å²) in [4.78, 5) is 3.97. The summed E-state index contributed by atoms with van der Waals surface area (Å²) in [5.41, 5.74) is 1.77. The van der Waals surface area contributed by atoms with Gasteiger partial charge in [-0.25, -0.2) is 0 Å². The van der Waals surface area contributed by atoms with Gasteiger partial charge in [0.25, 0.3) is 0 Å². The molecule has 12 heavy (non-hydrogen) atoms. The Bertz CT molecular complexity index is 372. The van der Waals surface area contributed by atoms with E-state index in [1.807, 2.05) is 24.3 Å². The zero-order valence-corrected chi connectivity index (χ0v) is 6.86. The van der Waals surface area contributed by atoms with Crippen LogP contribution in [0.2, 0.25) is 0 Å². The zero-order valence-electron chi connectivity index (χ0n) is 6.86. The van der Waals surface area contributed by atoms with Gasteiger partial charge in [0.15, 0.2) is 0 Å². The fraction of sp³-hybridized carbons (Fsp3) is 0.125. The molecular formula is C8H7LiN2O. The number of nitrogens with zero attached hydrogens (tertiary/aromatic N) is 2. The van der Waals surface area contributed by atoms with E-state index in [0.717, 1.165) is 11.0 Å². The third-order valence-corrected chi connectivity index (χ3v) is 1.61. The second-order valence-electron chi connectivity index (χ2n) is 2.27. The van der Waals surface area contributed by atoms with Gasteiger partial charge in [-0.3, -0.25) is 0 Å². The van der Waals surface area contributed by atoms with Crippen molar-refractivity contribution in [3.8, 4) is 0 Å². The molecule has 1 aromatic heterocycles. The Hall–Kier alpha value is -0.753. The molecule has 0 aliphatic heterocycles. The number of para-hydroxylation sites is 2. The standard InChI is InChI=1S/C8H7N2O.Li/c11-6-10-5-9-7-3-1-2-4-8(7)10;/h1-4,11H,6H2;/q-1;+1. The predicted octanol–water partition coefficient (Wildman–Crippen LogP) is -2.21. The van der Waals surface area contributed by atoms with Crippen molar-refractivity contribution in [2.45, 2.75) is 6.73 Å².